The molecule has 0 aliphatic heterocycles. The topological polar surface area (TPSA) is 102 Å². The van der Waals surface area contributed by atoms with Crippen LogP contribution in [0.4, 0.5) is 24.0 Å². The third kappa shape index (κ3) is 7.59. The number of nitrogens with one attached hydrogen (secondary N) is 2. The molecule has 8 nitrogen and oxygen atoms in total. The molecule has 3 rings (SSSR count). The number of amides is 1. The molecule has 0 aliphatic rings. The number of anilines is 2. The Balaban J connectivity index is 1.48. The highest BCUT2D eigenvalue weighted by atomic mass is 32.1. The summed E-state index contributed by atoms with van der Waals surface area (Å²) in [6.07, 6.45) is -3.06. The molecule has 0 saturated heterocycles. The summed E-state index contributed by atoms with van der Waals surface area (Å²) in [5.74, 6) is -0.429. The summed E-state index contributed by atoms with van der Waals surface area (Å²) in [6.45, 7) is -0.201. The molecular formula is C22H19F3N4O4S. The number of halogens is 3. The SMILES string of the molecule is COC(=O)COc1ccc(C=NNC(=O)Cc2csc(Nc3cccc(C(F)(F)F)c3)n2)cc1. The minimum atomic E-state index is -4.44. The number of alkyl halides is 3. The van der Waals surface area contributed by atoms with E-state index in [2.05, 4.69) is 25.6 Å². The molecule has 0 fully saturated rings. The molecule has 12 heteroatoms. The van der Waals surface area contributed by atoms with Crippen LogP contribution in [0.3, 0.4) is 0 Å². The maximum atomic E-state index is 12.8. The third-order valence-electron chi connectivity index (χ3n) is 4.20. The minimum Gasteiger partial charge on any atom is -0.482 e. The fourth-order valence-corrected chi connectivity index (χ4v) is 3.31. The van der Waals surface area contributed by atoms with E-state index in [4.69, 9.17) is 4.74 Å². The first-order valence-corrected chi connectivity index (χ1v) is 10.6. The molecule has 1 heterocycles. The number of nitrogens with zero attached hydrogens (tertiary/aromatic N) is 2. The summed E-state index contributed by atoms with van der Waals surface area (Å²) in [6, 6.07) is 11.4. The summed E-state index contributed by atoms with van der Waals surface area (Å²) < 4.78 is 48.2. The smallest absolute Gasteiger partial charge is 0.416 e. The number of carbonyl (C=O) groups excluding carboxylic acids is 2. The van der Waals surface area contributed by atoms with Gasteiger partial charge in [-0.05, 0) is 48.0 Å². The molecule has 2 aromatic carbocycles. The maximum absolute atomic E-state index is 12.8. The van der Waals surface area contributed by atoms with Crippen molar-refractivity contribution in [3.63, 3.8) is 0 Å². The Morgan fingerprint density at radius 3 is 2.65 bits per heavy atom. The lowest BCUT2D eigenvalue weighted by molar-refractivity contribution is -0.143. The molecule has 0 unspecified atom stereocenters. The molecule has 0 spiro atoms. The zero-order valence-electron chi connectivity index (χ0n) is 17.8. The van der Waals surface area contributed by atoms with E-state index in [0.717, 1.165) is 12.1 Å². The van der Waals surface area contributed by atoms with Crippen molar-refractivity contribution in [1.82, 2.24) is 10.4 Å². The maximum Gasteiger partial charge on any atom is 0.416 e. The molecule has 0 atom stereocenters. The number of esters is 1. The third-order valence-corrected chi connectivity index (χ3v) is 5.01. The van der Waals surface area contributed by atoms with E-state index in [9.17, 15) is 22.8 Å². The minimum absolute atomic E-state index is 0.0571. The normalized spacial score (nSPS) is 11.3. The Hall–Kier alpha value is -3.93. The molecule has 0 radical (unpaired) electrons. The standard InChI is InChI=1S/C22H19F3N4O4S/c1-32-20(31)12-33-18-7-5-14(6-8-18)11-26-29-19(30)10-17-13-34-21(28-17)27-16-4-2-3-15(9-16)22(23,24)25/h2-9,11,13H,10,12H2,1H3,(H,27,28)(H,29,30). The van der Waals surface area contributed by atoms with E-state index in [1.54, 1.807) is 29.6 Å². The van der Waals surface area contributed by atoms with Gasteiger partial charge in [-0.3, -0.25) is 4.79 Å². The van der Waals surface area contributed by atoms with Gasteiger partial charge in [0.25, 0.3) is 0 Å². The Kier molecular flexibility index (Phi) is 8.19. The van der Waals surface area contributed by atoms with Gasteiger partial charge in [0, 0.05) is 11.1 Å². The van der Waals surface area contributed by atoms with Crippen LogP contribution in [0.25, 0.3) is 0 Å². The number of carbonyl (C=O) groups is 2. The van der Waals surface area contributed by atoms with Crippen LogP contribution in [0.15, 0.2) is 59.0 Å². The Labute approximate surface area is 196 Å². The average Bonchev–Trinajstić information content (AvgIpc) is 3.24. The fraction of sp³-hybridized carbons (Fsp3) is 0.182. The van der Waals surface area contributed by atoms with Gasteiger partial charge in [0.2, 0.25) is 5.91 Å². The largest absolute Gasteiger partial charge is 0.482 e. The predicted octanol–water partition coefficient (Wildman–Crippen LogP) is 4.15. The number of hydrogen-bond donors (Lipinski definition) is 2. The van der Waals surface area contributed by atoms with Gasteiger partial charge < -0.3 is 14.8 Å². The van der Waals surface area contributed by atoms with Crippen molar-refractivity contribution < 1.29 is 32.2 Å². The van der Waals surface area contributed by atoms with Crippen molar-refractivity contribution in [2.24, 2.45) is 5.10 Å². The number of aromatic nitrogens is 1. The second kappa shape index (κ2) is 11.3. The summed E-state index contributed by atoms with van der Waals surface area (Å²) in [4.78, 5) is 27.4. The van der Waals surface area contributed by atoms with Crippen molar-refractivity contribution in [1.29, 1.82) is 0 Å². The van der Waals surface area contributed by atoms with Crippen molar-refractivity contribution in [3.05, 3.63) is 70.7 Å². The summed E-state index contributed by atoms with van der Waals surface area (Å²) in [5.41, 5.74) is 2.99. The molecule has 1 aromatic heterocycles. The van der Waals surface area contributed by atoms with E-state index in [-0.39, 0.29) is 18.7 Å². The molecule has 3 aromatic rings. The van der Waals surface area contributed by atoms with Crippen LogP contribution >= 0.6 is 11.3 Å². The van der Waals surface area contributed by atoms with Gasteiger partial charge in [0.1, 0.15) is 5.75 Å². The summed E-state index contributed by atoms with van der Waals surface area (Å²) in [7, 11) is 1.27. The predicted molar refractivity (Wildman–Crippen MR) is 120 cm³/mol. The van der Waals surface area contributed by atoms with Crippen molar-refractivity contribution >= 4 is 40.2 Å². The van der Waals surface area contributed by atoms with Gasteiger partial charge in [-0.1, -0.05) is 6.07 Å². The van der Waals surface area contributed by atoms with Crippen LogP contribution in [0.1, 0.15) is 16.8 Å². The second-order valence-corrected chi connectivity index (χ2v) is 7.61. The highest BCUT2D eigenvalue weighted by Gasteiger charge is 2.30. The number of rotatable bonds is 9. The Bertz CT molecular complexity index is 1160. The lowest BCUT2D eigenvalue weighted by atomic mass is 10.2. The lowest BCUT2D eigenvalue weighted by Crippen LogP contribution is -2.19. The Morgan fingerprint density at radius 1 is 1.18 bits per heavy atom. The zero-order chi connectivity index (χ0) is 24.6. The molecule has 0 saturated carbocycles. The van der Waals surface area contributed by atoms with Gasteiger partial charge in [0.05, 0.1) is 31.0 Å². The number of hydrazone groups is 1. The number of hydrogen-bond acceptors (Lipinski definition) is 8. The van der Waals surface area contributed by atoms with Crippen LogP contribution in [-0.2, 0) is 26.9 Å². The highest BCUT2D eigenvalue weighted by Crippen LogP contribution is 2.31. The molecule has 34 heavy (non-hydrogen) atoms. The fourth-order valence-electron chi connectivity index (χ4n) is 2.58. The Morgan fingerprint density at radius 2 is 1.94 bits per heavy atom. The summed E-state index contributed by atoms with van der Waals surface area (Å²) in [5, 5.41) is 8.68. The van der Waals surface area contributed by atoms with E-state index in [0.29, 0.717) is 22.1 Å². The van der Waals surface area contributed by atoms with Gasteiger partial charge in [0.15, 0.2) is 11.7 Å². The average molecular weight is 492 g/mol. The monoisotopic (exact) mass is 492 g/mol. The number of methoxy groups -OCH3 is 1. The van der Waals surface area contributed by atoms with Gasteiger partial charge in [-0.15, -0.1) is 11.3 Å². The van der Waals surface area contributed by atoms with Crippen LogP contribution in [0, 0.1) is 0 Å². The van der Waals surface area contributed by atoms with Crippen LogP contribution in [-0.4, -0.2) is 36.8 Å². The lowest BCUT2D eigenvalue weighted by Gasteiger charge is -2.08. The second-order valence-electron chi connectivity index (χ2n) is 6.75. The van der Waals surface area contributed by atoms with E-state index >= 15 is 0 Å². The van der Waals surface area contributed by atoms with Crippen LogP contribution < -0.4 is 15.5 Å². The van der Waals surface area contributed by atoms with Gasteiger partial charge in [-0.25, -0.2) is 15.2 Å². The van der Waals surface area contributed by atoms with E-state index in [1.165, 1.54) is 36.8 Å². The molecule has 178 valence electrons. The van der Waals surface area contributed by atoms with E-state index in [1.807, 2.05) is 0 Å². The van der Waals surface area contributed by atoms with Crippen molar-refractivity contribution in [2.75, 3.05) is 19.0 Å². The van der Waals surface area contributed by atoms with Crippen molar-refractivity contribution in [3.8, 4) is 5.75 Å². The first-order chi connectivity index (χ1) is 16.2. The van der Waals surface area contributed by atoms with Gasteiger partial charge in [-0.2, -0.15) is 18.3 Å². The number of ether oxygens (including phenoxy) is 2. The molecule has 1 amide bonds. The van der Waals surface area contributed by atoms with Gasteiger partial charge >= 0.3 is 12.1 Å². The zero-order valence-corrected chi connectivity index (χ0v) is 18.6. The summed E-state index contributed by atoms with van der Waals surface area (Å²) >= 11 is 1.17. The molecule has 0 bridgehead atoms. The first kappa shape index (κ1) is 24.7. The number of benzene rings is 2. The van der Waals surface area contributed by atoms with Crippen LogP contribution in [0.5, 0.6) is 5.75 Å². The van der Waals surface area contributed by atoms with Crippen LogP contribution in [0.2, 0.25) is 0 Å². The highest BCUT2D eigenvalue weighted by molar-refractivity contribution is 7.13. The van der Waals surface area contributed by atoms with E-state index < -0.39 is 23.6 Å². The molecule has 2 N–H and O–H groups in total. The van der Waals surface area contributed by atoms with Crippen molar-refractivity contribution in [2.45, 2.75) is 12.6 Å². The molecule has 0 aliphatic carbocycles. The first-order valence-electron chi connectivity index (χ1n) is 9.73. The number of thiazole rings is 1. The quantitative estimate of drug-likeness (QED) is 0.264. The molecular weight excluding hydrogens is 473 g/mol.